The fraction of sp³-hybridized carbons (Fsp3) is 0.462. The van der Waals surface area contributed by atoms with Crippen LogP contribution in [0.5, 0.6) is 0 Å². The molecule has 1 aromatic rings. The van der Waals surface area contributed by atoms with Crippen molar-refractivity contribution < 1.29 is 4.92 Å². The van der Waals surface area contributed by atoms with Gasteiger partial charge in [-0.2, -0.15) is 5.26 Å². The second-order valence-electron chi connectivity index (χ2n) is 4.90. The van der Waals surface area contributed by atoms with Gasteiger partial charge in [-0.15, -0.1) is 0 Å². The third-order valence-electron chi connectivity index (χ3n) is 3.55. The maximum absolute atomic E-state index is 10.8. The smallest absolute Gasteiger partial charge is 0.287 e. The molecule has 1 aromatic carbocycles. The van der Waals surface area contributed by atoms with Crippen molar-refractivity contribution in [1.82, 2.24) is 0 Å². The molecule has 1 heterocycles. The SMILES string of the molecule is CC1CC(N)CCN1c1ccc([N+](=O)[O-])c(C#N)c1. The Balaban J connectivity index is 2.31. The number of nitrogens with two attached hydrogens (primary N) is 1. The van der Waals surface area contributed by atoms with Crippen LogP contribution < -0.4 is 10.6 Å². The van der Waals surface area contributed by atoms with Crippen LogP contribution in [0.15, 0.2) is 18.2 Å². The third-order valence-corrected chi connectivity index (χ3v) is 3.55. The van der Waals surface area contributed by atoms with Crippen molar-refractivity contribution >= 4 is 11.4 Å². The topological polar surface area (TPSA) is 96.2 Å². The van der Waals surface area contributed by atoms with E-state index < -0.39 is 4.92 Å². The maximum Gasteiger partial charge on any atom is 0.287 e. The summed E-state index contributed by atoms with van der Waals surface area (Å²) in [7, 11) is 0. The average Bonchev–Trinajstić information content (AvgIpc) is 2.37. The Hall–Kier alpha value is -2.13. The van der Waals surface area contributed by atoms with Crippen molar-refractivity contribution in [3.63, 3.8) is 0 Å². The first-order valence-electron chi connectivity index (χ1n) is 6.23. The Labute approximate surface area is 111 Å². The number of nitriles is 1. The van der Waals surface area contributed by atoms with Crippen LogP contribution >= 0.6 is 0 Å². The lowest BCUT2D eigenvalue weighted by Crippen LogP contribution is -2.45. The first-order valence-corrected chi connectivity index (χ1v) is 6.23. The maximum atomic E-state index is 10.8. The summed E-state index contributed by atoms with van der Waals surface area (Å²) in [4.78, 5) is 12.4. The minimum absolute atomic E-state index is 0.101. The van der Waals surface area contributed by atoms with Crippen LogP contribution in [0.4, 0.5) is 11.4 Å². The number of hydrogen-bond acceptors (Lipinski definition) is 5. The van der Waals surface area contributed by atoms with Crippen molar-refractivity contribution in [1.29, 1.82) is 5.26 Å². The van der Waals surface area contributed by atoms with E-state index >= 15 is 0 Å². The highest BCUT2D eigenvalue weighted by Gasteiger charge is 2.25. The largest absolute Gasteiger partial charge is 0.369 e. The first kappa shape index (κ1) is 13.3. The summed E-state index contributed by atoms with van der Waals surface area (Å²) in [6.45, 7) is 2.89. The van der Waals surface area contributed by atoms with Gasteiger partial charge < -0.3 is 10.6 Å². The van der Waals surface area contributed by atoms with Gasteiger partial charge in [0.05, 0.1) is 4.92 Å². The Morgan fingerprint density at radius 1 is 1.58 bits per heavy atom. The Kier molecular flexibility index (Phi) is 3.67. The molecule has 0 spiro atoms. The van der Waals surface area contributed by atoms with Gasteiger partial charge in [-0.3, -0.25) is 10.1 Å². The normalized spacial score (nSPS) is 22.9. The summed E-state index contributed by atoms with van der Waals surface area (Å²) in [5.41, 5.74) is 6.72. The molecule has 1 aliphatic rings. The summed E-state index contributed by atoms with van der Waals surface area (Å²) in [5, 5.41) is 19.8. The number of nitro groups is 1. The number of anilines is 1. The van der Waals surface area contributed by atoms with Crippen LogP contribution in [0.3, 0.4) is 0 Å². The van der Waals surface area contributed by atoms with E-state index in [0.717, 1.165) is 25.1 Å². The van der Waals surface area contributed by atoms with Gasteiger partial charge in [0, 0.05) is 30.4 Å². The molecule has 0 bridgehead atoms. The van der Waals surface area contributed by atoms with Crippen LogP contribution in [-0.2, 0) is 0 Å². The molecule has 2 rings (SSSR count). The summed E-state index contributed by atoms with van der Waals surface area (Å²) in [6.07, 6.45) is 1.78. The molecule has 1 fully saturated rings. The zero-order valence-electron chi connectivity index (χ0n) is 10.7. The quantitative estimate of drug-likeness (QED) is 0.645. The van der Waals surface area contributed by atoms with Gasteiger partial charge in [0.2, 0.25) is 0 Å². The number of piperidine rings is 1. The third kappa shape index (κ3) is 2.66. The Morgan fingerprint density at radius 2 is 2.32 bits per heavy atom. The molecule has 19 heavy (non-hydrogen) atoms. The predicted octanol–water partition coefficient (Wildman–Crippen LogP) is 1.78. The van der Waals surface area contributed by atoms with E-state index in [0.29, 0.717) is 0 Å². The molecule has 6 nitrogen and oxygen atoms in total. The molecule has 0 saturated carbocycles. The molecule has 0 aromatic heterocycles. The summed E-state index contributed by atoms with van der Waals surface area (Å²) in [5.74, 6) is 0. The highest BCUT2D eigenvalue weighted by Crippen LogP contribution is 2.28. The molecule has 100 valence electrons. The van der Waals surface area contributed by atoms with Gasteiger partial charge >= 0.3 is 0 Å². The highest BCUT2D eigenvalue weighted by atomic mass is 16.6. The zero-order chi connectivity index (χ0) is 14.0. The highest BCUT2D eigenvalue weighted by molar-refractivity contribution is 5.60. The fourth-order valence-corrected chi connectivity index (χ4v) is 2.54. The van der Waals surface area contributed by atoms with E-state index in [2.05, 4.69) is 11.8 Å². The molecule has 6 heteroatoms. The van der Waals surface area contributed by atoms with Crippen molar-refractivity contribution in [2.45, 2.75) is 31.8 Å². The van der Waals surface area contributed by atoms with Crippen molar-refractivity contribution in [3.8, 4) is 6.07 Å². The molecular formula is C13H16N4O2. The van der Waals surface area contributed by atoms with E-state index in [9.17, 15) is 10.1 Å². The lowest BCUT2D eigenvalue weighted by Gasteiger charge is -2.38. The second-order valence-corrected chi connectivity index (χ2v) is 4.90. The van der Waals surface area contributed by atoms with Crippen LogP contribution in [0.1, 0.15) is 25.3 Å². The van der Waals surface area contributed by atoms with Gasteiger partial charge in [-0.05, 0) is 31.9 Å². The molecule has 0 amide bonds. The molecular weight excluding hydrogens is 244 g/mol. The van der Waals surface area contributed by atoms with Gasteiger partial charge in [-0.1, -0.05) is 0 Å². The Morgan fingerprint density at radius 3 is 2.89 bits per heavy atom. The number of nitrogens with zero attached hydrogens (tertiary/aromatic N) is 3. The number of benzene rings is 1. The van der Waals surface area contributed by atoms with Crippen LogP contribution in [-0.4, -0.2) is 23.6 Å². The van der Waals surface area contributed by atoms with Gasteiger partial charge in [0.1, 0.15) is 11.6 Å². The molecule has 0 radical (unpaired) electrons. The standard InChI is InChI=1S/C13H16N4O2/c1-9-6-11(15)4-5-16(9)12-2-3-13(17(18)19)10(7-12)8-14/h2-3,7,9,11H,4-6,15H2,1H3. The summed E-state index contributed by atoms with van der Waals surface area (Å²) < 4.78 is 0. The molecule has 1 saturated heterocycles. The molecule has 2 atom stereocenters. The summed E-state index contributed by atoms with van der Waals surface area (Å²) >= 11 is 0. The van der Waals surface area contributed by atoms with Crippen LogP contribution in [0, 0.1) is 21.4 Å². The predicted molar refractivity (Wildman–Crippen MR) is 71.8 cm³/mol. The lowest BCUT2D eigenvalue weighted by molar-refractivity contribution is -0.385. The minimum Gasteiger partial charge on any atom is -0.369 e. The Bertz CT molecular complexity index is 538. The monoisotopic (exact) mass is 260 g/mol. The minimum atomic E-state index is -0.530. The molecule has 0 aliphatic carbocycles. The average molecular weight is 260 g/mol. The van der Waals surface area contributed by atoms with Crippen LogP contribution in [0.2, 0.25) is 0 Å². The number of rotatable bonds is 2. The molecule has 1 aliphatic heterocycles. The van der Waals surface area contributed by atoms with E-state index in [4.69, 9.17) is 11.0 Å². The van der Waals surface area contributed by atoms with E-state index in [1.807, 2.05) is 6.07 Å². The van der Waals surface area contributed by atoms with E-state index in [1.165, 1.54) is 6.07 Å². The number of hydrogen-bond donors (Lipinski definition) is 1. The first-order chi connectivity index (χ1) is 9.02. The molecule has 2 N–H and O–H groups in total. The van der Waals surface area contributed by atoms with Crippen molar-refractivity contribution in [2.75, 3.05) is 11.4 Å². The van der Waals surface area contributed by atoms with Gasteiger partial charge in [0.25, 0.3) is 5.69 Å². The molecule has 2 unspecified atom stereocenters. The van der Waals surface area contributed by atoms with Gasteiger partial charge in [-0.25, -0.2) is 0 Å². The van der Waals surface area contributed by atoms with E-state index in [1.54, 1.807) is 12.1 Å². The second kappa shape index (κ2) is 5.24. The fourth-order valence-electron chi connectivity index (χ4n) is 2.54. The van der Waals surface area contributed by atoms with Crippen molar-refractivity contribution in [2.24, 2.45) is 5.73 Å². The lowest BCUT2D eigenvalue weighted by atomic mass is 9.98. The number of nitro benzene ring substituents is 1. The van der Waals surface area contributed by atoms with E-state index in [-0.39, 0.29) is 23.3 Å². The zero-order valence-corrected chi connectivity index (χ0v) is 10.7. The van der Waals surface area contributed by atoms with Gasteiger partial charge in [0.15, 0.2) is 0 Å². The summed E-state index contributed by atoms with van der Waals surface area (Å²) in [6, 6.07) is 7.06. The van der Waals surface area contributed by atoms with Crippen LogP contribution in [0.25, 0.3) is 0 Å². The van der Waals surface area contributed by atoms with Crippen molar-refractivity contribution in [3.05, 3.63) is 33.9 Å².